The van der Waals surface area contributed by atoms with Crippen LogP contribution in [0, 0.1) is 0 Å². The molecule has 0 bridgehead atoms. The van der Waals surface area contributed by atoms with Crippen LogP contribution in [0.1, 0.15) is 20.0 Å². The highest BCUT2D eigenvalue weighted by Gasteiger charge is 2.20. The van der Waals surface area contributed by atoms with Crippen molar-refractivity contribution >= 4 is 67.9 Å². The van der Waals surface area contributed by atoms with Crippen LogP contribution in [-0.2, 0) is 4.74 Å². The monoisotopic (exact) mass is 459 g/mol. The van der Waals surface area contributed by atoms with Crippen LogP contribution in [0.15, 0.2) is 48.5 Å². The summed E-state index contributed by atoms with van der Waals surface area (Å²) in [4.78, 5) is 27.4. The van der Waals surface area contributed by atoms with E-state index in [2.05, 4.69) is 10.6 Å². The van der Waals surface area contributed by atoms with Gasteiger partial charge in [0.2, 0.25) is 0 Å². The zero-order valence-corrected chi connectivity index (χ0v) is 18.2. The molecule has 2 aromatic carbocycles. The van der Waals surface area contributed by atoms with E-state index in [9.17, 15) is 9.59 Å². The van der Waals surface area contributed by atoms with Crippen LogP contribution in [-0.4, -0.2) is 48.1 Å². The van der Waals surface area contributed by atoms with Crippen molar-refractivity contribution in [2.45, 2.75) is 0 Å². The summed E-state index contributed by atoms with van der Waals surface area (Å²) in [6.07, 6.45) is 0. The van der Waals surface area contributed by atoms with Crippen LogP contribution < -0.4 is 10.6 Å². The Labute approximate surface area is 187 Å². The first-order valence-electron chi connectivity index (χ1n) is 9.29. The molecule has 9 heteroatoms. The molecule has 2 heterocycles. The first kappa shape index (κ1) is 20.7. The largest absolute Gasteiger partial charge is 0.378 e. The van der Waals surface area contributed by atoms with E-state index in [-0.39, 0.29) is 16.9 Å². The Bertz CT molecular complexity index is 1130. The van der Waals surface area contributed by atoms with Gasteiger partial charge < -0.3 is 15.0 Å². The number of thiophene rings is 1. The topological polar surface area (TPSA) is 70.7 Å². The molecule has 0 aliphatic carbocycles. The van der Waals surface area contributed by atoms with E-state index < -0.39 is 0 Å². The number of amides is 2. The lowest BCUT2D eigenvalue weighted by Gasteiger charge is -2.27. The third-order valence-electron chi connectivity index (χ3n) is 4.63. The van der Waals surface area contributed by atoms with E-state index in [1.54, 1.807) is 29.2 Å². The maximum Gasteiger partial charge on any atom is 0.269 e. The minimum Gasteiger partial charge on any atom is -0.378 e. The second-order valence-corrected chi connectivity index (χ2v) is 8.47. The van der Waals surface area contributed by atoms with Crippen LogP contribution >= 0.6 is 35.2 Å². The summed E-state index contributed by atoms with van der Waals surface area (Å²) in [6.45, 7) is 2.22. The van der Waals surface area contributed by atoms with Crippen molar-refractivity contribution in [3.8, 4) is 0 Å². The molecule has 30 heavy (non-hydrogen) atoms. The molecule has 1 fully saturated rings. The maximum atomic E-state index is 12.6. The van der Waals surface area contributed by atoms with Crippen molar-refractivity contribution < 1.29 is 14.3 Å². The van der Waals surface area contributed by atoms with Gasteiger partial charge >= 0.3 is 0 Å². The number of hydrogen-bond donors (Lipinski definition) is 2. The van der Waals surface area contributed by atoms with E-state index in [0.29, 0.717) is 47.5 Å². The van der Waals surface area contributed by atoms with Gasteiger partial charge in [-0.1, -0.05) is 35.9 Å². The molecule has 1 aliphatic heterocycles. The predicted molar refractivity (Wildman–Crippen MR) is 124 cm³/mol. The molecular formula is C21H18ClN3O3S2. The van der Waals surface area contributed by atoms with Crippen LogP contribution in [0.4, 0.5) is 5.69 Å². The van der Waals surface area contributed by atoms with Crippen molar-refractivity contribution in [1.82, 2.24) is 10.2 Å². The van der Waals surface area contributed by atoms with Crippen molar-refractivity contribution in [3.63, 3.8) is 0 Å². The number of nitrogens with zero attached hydrogens (tertiary/aromatic N) is 1. The molecule has 1 saturated heterocycles. The summed E-state index contributed by atoms with van der Waals surface area (Å²) in [7, 11) is 0. The molecule has 4 rings (SSSR count). The van der Waals surface area contributed by atoms with E-state index in [4.69, 9.17) is 28.6 Å². The Morgan fingerprint density at radius 1 is 1.10 bits per heavy atom. The van der Waals surface area contributed by atoms with Gasteiger partial charge in [0.25, 0.3) is 11.8 Å². The third-order valence-corrected chi connectivity index (χ3v) is 6.51. The Morgan fingerprint density at radius 3 is 2.63 bits per heavy atom. The Balaban J connectivity index is 1.43. The average molecular weight is 460 g/mol. The summed E-state index contributed by atoms with van der Waals surface area (Å²) in [5, 5.41) is 6.99. The number of rotatable bonds is 3. The van der Waals surface area contributed by atoms with E-state index >= 15 is 0 Å². The smallest absolute Gasteiger partial charge is 0.269 e. The fourth-order valence-electron chi connectivity index (χ4n) is 3.16. The molecule has 0 radical (unpaired) electrons. The lowest BCUT2D eigenvalue weighted by atomic mass is 10.1. The zero-order valence-electron chi connectivity index (χ0n) is 15.8. The van der Waals surface area contributed by atoms with Gasteiger partial charge in [0.05, 0.1) is 18.2 Å². The van der Waals surface area contributed by atoms with E-state index in [0.717, 1.165) is 10.1 Å². The number of carbonyl (C=O) groups is 2. The second-order valence-electron chi connectivity index (χ2n) is 6.63. The fourth-order valence-corrected chi connectivity index (χ4v) is 4.78. The molecule has 0 spiro atoms. The number of carbonyl (C=O) groups excluding carboxylic acids is 2. The van der Waals surface area contributed by atoms with E-state index in [1.807, 2.05) is 24.3 Å². The van der Waals surface area contributed by atoms with Gasteiger partial charge in [0, 0.05) is 34.4 Å². The molecule has 1 aliphatic rings. The van der Waals surface area contributed by atoms with E-state index in [1.165, 1.54) is 11.3 Å². The summed E-state index contributed by atoms with van der Waals surface area (Å²) < 4.78 is 6.22. The molecule has 0 atom stereocenters. The van der Waals surface area contributed by atoms with Crippen LogP contribution in [0.3, 0.4) is 0 Å². The average Bonchev–Trinajstić information content (AvgIpc) is 3.11. The summed E-state index contributed by atoms with van der Waals surface area (Å²) in [5.41, 5.74) is 1.16. The number of fused-ring (bicyclic) bond motifs is 1. The first-order chi connectivity index (χ1) is 14.5. The number of ether oxygens (including phenoxy) is 1. The molecular weight excluding hydrogens is 442 g/mol. The lowest BCUT2D eigenvalue weighted by molar-refractivity contribution is 0.0303. The Morgan fingerprint density at radius 2 is 1.87 bits per heavy atom. The molecule has 2 N–H and O–H groups in total. The fraction of sp³-hybridized carbons (Fsp3) is 0.190. The molecule has 0 unspecified atom stereocenters. The Hall–Kier alpha value is -2.52. The number of anilines is 1. The minimum atomic E-state index is -0.376. The predicted octanol–water partition coefficient (Wildman–Crippen LogP) is 4.15. The second kappa shape index (κ2) is 9.09. The van der Waals surface area contributed by atoms with Gasteiger partial charge in [-0.25, -0.2) is 0 Å². The molecule has 2 amide bonds. The molecule has 154 valence electrons. The molecule has 1 aromatic heterocycles. The quantitative estimate of drug-likeness (QED) is 0.576. The SMILES string of the molecule is O=C(NC(=S)Nc1cccc(C(=O)N2CCOCC2)c1)c1sc2ccccc2c1Cl. The van der Waals surface area contributed by atoms with Crippen molar-refractivity contribution in [2.24, 2.45) is 0 Å². The number of hydrogen-bond acceptors (Lipinski definition) is 5. The van der Waals surface area contributed by atoms with Crippen LogP contribution in [0.5, 0.6) is 0 Å². The van der Waals surface area contributed by atoms with Crippen molar-refractivity contribution in [1.29, 1.82) is 0 Å². The van der Waals surface area contributed by atoms with Gasteiger partial charge in [-0.3, -0.25) is 14.9 Å². The van der Waals surface area contributed by atoms with Crippen molar-refractivity contribution in [3.05, 3.63) is 64.0 Å². The first-order valence-corrected chi connectivity index (χ1v) is 10.9. The van der Waals surface area contributed by atoms with Gasteiger partial charge in [0.15, 0.2) is 5.11 Å². The highest BCUT2D eigenvalue weighted by molar-refractivity contribution is 7.80. The Kier molecular flexibility index (Phi) is 6.29. The lowest BCUT2D eigenvalue weighted by Crippen LogP contribution is -2.40. The summed E-state index contributed by atoms with van der Waals surface area (Å²) >= 11 is 12.9. The number of thiocarbonyl (C=S) groups is 1. The molecule has 0 saturated carbocycles. The molecule has 3 aromatic rings. The third kappa shape index (κ3) is 4.46. The zero-order chi connectivity index (χ0) is 21.1. The normalized spacial score (nSPS) is 13.8. The van der Waals surface area contributed by atoms with Gasteiger partial charge in [-0.05, 0) is 36.5 Å². The van der Waals surface area contributed by atoms with Crippen molar-refractivity contribution in [2.75, 3.05) is 31.6 Å². The number of halogens is 1. The summed E-state index contributed by atoms with van der Waals surface area (Å²) in [6, 6.07) is 14.6. The van der Waals surface area contributed by atoms with Crippen LogP contribution in [0.2, 0.25) is 5.02 Å². The van der Waals surface area contributed by atoms with Crippen LogP contribution in [0.25, 0.3) is 10.1 Å². The highest BCUT2D eigenvalue weighted by atomic mass is 35.5. The standard InChI is InChI=1S/C21H18ClN3O3S2/c22-17-15-6-1-2-7-16(15)30-18(17)19(26)24-21(29)23-14-5-3-4-13(12-14)20(27)25-8-10-28-11-9-25/h1-7,12H,8-11H2,(H2,23,24,26,29). The van der Waals surface area contributed by atoms with Gasteiger partial charge in [-0.2, -0.15) is 0 Å². The summed E-state index contributed by atoms with van der Waals surface area (Å²) in [5.74, 6) is -0.437. The van der Waals surface area contributed by atoms with Gasteiger partial charge in [-0.15, -0.1) is 11.3 Å². The minimum absolute atomic E-state index is 0.0611. The number of nitrogens with one attached hydrogen (secondary N) is 2. The number of benzene rings is 2. The van der Waals surface area contributed by atoms with Gasteiger partial charge in [0.1, 0.15) is 4.88 Å². The highest BCUT2D eigenvalue weighted by Crippen LogP contribution is 2.35. The molecule has 6 nitrogen and oxygen atoms in total. The number of morpholine rings is 1. The maximum absolute atomic E-state index is 12.6.